The van der Waals surface area contributed by atoms with Crippen molar-refractivity contribution >= 4 is 44.9 Å². The SMILES string of the molecule is Cc1cc(Nc2ccc(Cl)cc2Br)c(C(=O)O)cn1. The second kappa shape index (κ2) is 5.59. The zero-order chi connectivity index (χ0) is 14.0. The van der Waals surface area contributed by atoms with Crippen molar-refractivity contribution in [2.45, 2.75) is 6.92 Å². The van der Waals surface area contributed by atoms with Gasteiger partial charge in [-0.2, -0.15) is 0 Å². The summed E-state index contributed by atoms with van der Waals surface area (Å²) in [5.41, 5.74) is 2.07. The molecule has 0 amide bonds. The lowest BCUT2D eigenvalue weighted by atomic mass is 10.2. The number of aromatic nitrogens is 1. The first kappa shape index (κ1) is 13.8. The van der Waals surface area contributed by atoms with Crippen LogP contribution in [0.4, 0.5) is 11.4 Å². The summed E-state index contributed by atoms with van der Waals surface area (Å²) < 4.78 is 0.755. The fraction of sp³-hybridized carbons (Fsp3) is 0.0769. The van der Waals surface area contributed by atoms with Gasteiger partial charge in [0.25, 0.3) is 0 Å². The number of carbonyl (C=O) groups is 1. The normalized spacial score (nSPS) is 10.3. The maximum Gasteiger partial charge on any atom is 0.339 e. The number of nitrogens with zero attached hydrogens (tertiary/aromatic N) is 1. The highest BCUT2D eigenvalue weighted by Crippen LogP contribution is 2.30. The molecular weight excluding hydrogens is 332 g/mol. The molecular formula is C13H10BrClN2O2. The van der Waals surface area contributed by atoms with Crippen LogP contribution in [0.1, 0.15) is 16.1 Å². The zero-order valence-electron chi connectivity index (χ0n) is 9.95. The molecule has 0 atom stereocenters. The van der Waals surface area contributed by atoms with Gasteiger partial charge in [0.2, 0.25) is 0 Å². The Balaban J connectivity index is 2.42. The third-order valence-electron chi connectivity index (χ3n) is 2.47. The Bertz CT molecular complexity index is 647. The van der Waals surface area contributed by atoms with Crippen molar-refractivity contribution < 1.29 is 9.90 Å². The molecule has 1 heterocycles. The van der Waals surface area contributed by atoms with Crippen LogP contribution in [0.15, 0.2) is 34.9 Å². The van der Waals surface area contributed by atoms with Crippen LogP contribution in [-0.4, -0.2) is 16.1 Å². The van der Waals surface area contributed by atoms with E-state index in [1.54, 1.807) is 31.2 Å². The summed E-state index contributed by atoms with van der Waals surface area (Å²) in [6, 6.07) is 6.92. The molecule has 0 spiro atoms. The first-order valence-electron chi connectivity index (χ1n) is 5.39. The number of aromatic carboxylic acids is 1. The third-order valence-corrected chi connectivity index (χ3v) is 3.36. The van der Waals surface area contributed by atoms with Gasteiger partial charge >= 0.3 is 5.97 Å². The summed E-state index contributed by atoms with van der Waals surface area (Å²) in [5.74, 6) is -1.03. The van der Waals surface area contributed by atoms with Gasteiger partial charge in [0, 0.05) is 21.4 Å². The maximum absolute atomic E-state index is 11.1. The van der Waals surface area contributed by atoms with Crippen LogP contribution in [-0.2, 0) is 0 Å². The van der Waals surface area contributed by atoms with Crippen LogP contribution in [0.25, 0.3) is 0 Å². The molecule has 0 unspecified atom stereocenters. The molecule has 0 saturated heterocycles. The lowest BCUT2D eigenvalue weighted by Crippen LogP contribution is -2.04. The van der Waals surface area contributed by atoms with Gasteiger partial charge in [-0.25, -0.2) is 4.79 Å². The van der Waals surface area contributed by atoms with Crippen LogP contribution in [0.2, 0.25) is 5.02 Å². The molecule has 6 heteroatoms. The molecule has 0 aliphatic heterocycles. The monoisotopic (exact) mass is 340 g/mol. The van der Waals surface area contributed by atoms with Crippen molar-refractivity contribution in [1.29, 1.82) is 0 Å². The summed E-state index contributed by atoms with van der Waals surface area (Å²) in [6.07, 6.45) is 1.34. The molecule has 4 nitrogen and oxygen atoms in total. The maximum atomic E-state index is 11.1. The van der Waals surface area contributed by atoms with Gasteiger partial charge in [0.15, 0.2) is 0 Å². The van der Waals surface area contributed by atoms with E-state index in [4.69, 9.17) is 16.7 Å². The fourth-order valence-corrected chi connectivity index (χ4v) is 2.35. The van der Waals surface area contributed by atoms with E-state index in [0.29, 0.717) is 10.7 Å². The first-order chi connectivity index (χ1) is 8.97. The standard InChI is InChI=1S/C13H10BrClN2O2/c1-7-4-12(9(6-16-7)13(18)19)17-11-3-2-8(15)5-10(11)14/h2-6H,1H3,(H,16,17)(H,18,19). The van der Waals surface area contributed by atoms with E-state index < -0.39 is 5.97 Å². The van der Waals surface area contributed by atoms with Gasteiger partial charge in [-0.15, -0.1) is 0 Å². The number of carboxylic acids is 1. The minimum absolute atomic E-state index is 0.118. The minimum atomic E-state index is -1.03. The molecule has 0 aliphatic carbocycles. The van der Waals surface area contributed by atoms with Crippen molar-refractivity contribution in [2.24, 2.45) is 0 Å². The number of rotatable bonds is 3. The molecule has 0 radical (unpaired) electrons. The van der Waals surface area contributed by atoms with Crippen molar-refractivity contribution in [3.8, 4) is 0 Å². The molecule has 0 bridgehead atoms. The summed E-state index contributed by atoms with van der Waals surface area (Å²) >= 11 is 9.24. The zero-order valence-corrected chi connectivity index (χ0v) is 12.3. The molecule has 0 aliphatic rings. The highest BCUT2D eigenvalue weighted by atomic mass is 79.9. The quantitative estimate of drug-likeness (QED) is 0.876. The molecule has 2 rings (SSSR count). The third kappa shape index (κ3) is 3.24. The van der Waals surface area contributed by atoms with Crippen LogP contribution in [0.5, 0.6) is 0 Å². The number of hydrogen-bond donors (Lipinski definition) is 2. The molecule has 19 heavy (non-hydrogen) atoms. The van der Waals surface area contributed by atoms with E-state index >= 15 is 0 Å². The second-order valence-electron chi connectivity index (χ2n) is 3.93. The highest BCUT2D eigenvalue weighted by molar-refractivity contribution is 9.10. The predicted octanol–water partition coefficient (Wildman–Crippen LogP) is 4.25. The van der Waals surface area contributed by atoms with E-state index in [1.165, 1.54) is 6.20 Å². The Kier molecular flexibility index (Phi) is 4.07. The number of anilines is 2. The van der Waals surface area contributed by atoms with E-state index in [1.807, 2.05) is 0 Å². The molecule has 98 valence electrons. The number of hydrogen-bond acceptors (Lipinski definition) is 3. The van der Waals surface area contributed by atoms with Gasteiger partial charge in [-0.3, -0.25) is 4.98 Å². The van der Waals surface area contributed by atoms with Crippen LogP contribution < -0.4 is 5.32 Å². The number of pyridine rings is 1. The number of carboxylic acid groups (broad SMARTS) is 1. The van der Waals surface area contributed by atoms with Gasteiger partial charge in [-0.05, 0) is 47.1 Å². The van der Waals surface area contributed by atoms with Crippen LogP contribution in [0.3, 0.4) is 0 Å². The summed E-state index contributed by atoms with van der Waals surface area (Å²) in [5, 5.41) is 12.8. The second-order valence-corrected chi connectivity index (χ2v) is 5.22. The van der Waals surface area contributed by atoms with Crippen molar-refractivity contribution in [1.82, 2.24) is 4.98 Å². The number of nitrogens with one attached hydrogen (secondary N) is 1. The Labute approximate surface area is 123 Å². The van der Waals surface area contributed by atoms with Gasteiger partial charge in [0.05, 0.1) is 11.4 Å². The van der Waals surface area contributed by atoms with Crippen molar-refractivity contribution in [3.63, 3.8) is 0 Å². The number of aryl methyl sites for hydroxylation is 1. The topological polar surface area (TPSA) is 62.2 Å². The Hall–Kier alpha value is -1.59. The van der Waals surface area contributed by atoms with Crippen LogP contribution >= 0.6 is 27.5 Å². The smallest absolute Gasteiger partial charge is 0.339 e. The molecule has 2 aromatic rings. The van der Waals surface area contributed by atoms with E-state index in [0.717, 1.165) is 15.9 Å². The van der Waals surface area contributed by atoms with Gasteiger partial charge in [0.1, 0.15) is 5.56 Å². The van der Waals surface area contributed by atoms with E-state index in [-0.39, 0.29) is 5.56 Å². The largest absolute Gasteiger partial charge is 0.478 e. The number of halogens is 2. The van der Waals surface area contributed by atoms with Crippen LogP contribution in [0, 0.1) is 6.92 Å². The van der Waals surface area contributed by atoms with E-state index in [2.05, 4.69) is 26.2 Å². The summed E-state index contributed by atoms with van der Waals surface area (Å²) in [6.45, 7) is 1.80. The first-order valence-corrected chi connectivity index (χ1v) is 6.56. The average Bonchev–Trinajstić information content (AvgIpc) is 2.32. The Morgan fingerprint density at radius 1 is 1.37 bits per heavy atom. The molecule has 0 fully saturated rings. The fourth-order valence-electron chi connectivity index (χ4n) is 1.57. The minimum Gasteiger partial charge on any atom is -0.478 e. The summed E-state index contributed by atoms with van der Waals surface area (Å²) in [4.78, 5) is 15.1. The Morgan fingerprint density at radius 2 is 2.11 bits per heavy atom. The predicted molar refractivity (Wildman–Crippen MR) is 78.4 cm³/mol. The van der Waals surface area contributed by atoms with Crippen molar-refractivity contribution in [3.05, 3.63) is 51.2 Å². The molecule has 0 saturated carbocycles. The average molecular weight is 342 g/mol. The summed E-state index contributed by atoms with van der Waals surface area (Å²) in [7, 11) is 0. The molecule has 2 N–H and O–H groups in total. The lowest BCUT2D eigenvalue weighted by Gasteiger charge is -2.11. The van der Waals surface area contributed by atoms with Crippen molar-refractivity contribution in [2.75, 3.05) is 5.32 Å². The van der Waals surface area contributed by atoms with Gasteiger partial charge in [-0.1, -0.05) is 11.6 Å². The lowest BCUT2D eigenvalue weighted by molar-refractivity contribution is 0.0697. The Morgan fingerprint density at radius 3 is 2.74 bits per heavy atom. The van der Waals surface area contributed by atoms with E-state index in [9.17, 15) is 4.79 Å². The van der Waals surface area contributed by atoms with Gasteiger partial charge < -0.3 is 10.4 Å². The molecule has 1 aromatic heterocycles. The highest BCUT2D eigenvalue weighted by Gasteiger charge is 2.12. The number of benzene rings is 1. The molecule has 1 aromatic carbocycles.